The zero-order valence-corrected chi connectivity index (χ0v) is 9.93. The van der Waals surface area contributed by atoms with Crippen LogP contribution in [0.15, 0.2) is 59.6 Å². The maximum Gasteiger partial charge on any atom is 0.203 e. The molecule has 0 aromatic heterocycles. The smallest absolute Gasteiger partial charge is 0.203 e. The van der Waals surface area contributed by atoms with Gasteiger partial charge in [-0.3, -0.25) is 0 Å². The largest absolute Gasteiger partial charge is 0.312 e. The minimum absolute atomic E-state index is 0.523. The second-order valence-electron chi connectivity index (χ2n) is 3.93. The molecule has 0 bridgehead atoms. The van der Waals surface area contributed by atoms with Crippen molar-refractivity contribution in [1.29, 1.82) is 0 Å². The first kappa shape index (κ1) is 10.4. The molecule has 2 nitrogen and oxygen atoms in total. The van der Waals surface area contributed by atoms with E-state index in [1.54, 1.807) is 0 Å². The Hall–Kier alpha value is -1.80. The Morgan fingerprint density at radius 3 is 2.47 bits per heavy atom. The second-order valence-corrected chi connectivity index (χ2v) is 4.27. The minimum atomic E-state index is 0.523. The molecule has 0 radical (unpaired) electrons. The highest BCUT2D eigenvalue weighted by Gasteiger charge is 2.18. The third kappa shape index (κ3) is 1.92. The van der Waals surface area contributed by atoms with Gasteiger partial charge in [0.2, 0.25) is 5.29 Å². The molecule has 17 heavy (non-hydrogen) atoms. The van der Waals surface area contributed by atoms with E-state index in [-0.39, 0.29) is 0 Å². The number of aliphatic imine (C=N–C) groups is 1. The molecule has 1 aliphatic rings. The Morgan fingerprint density at radius 2 is 1.65 bits per heavy atom. The highest BCUT2D eigenvalue weighted by atomic mass is 35.5. The van der Waals surface area contributed by atoms with Crippen molar-refractivity contribution in [2.75, 3.05) is 4.90 Å². The quantitative estimate of drug-likeness (QED) is 0.692. The maximum absolute atomic E-state index is 6.22. The fourth-order valence-electron chi connectivity index (χ4n) is 1.95. The first-order valence-corrected chi connectivity index (χ1v) is 5.87. The maximum atomic E-state index is 6.22. The molecule has 0 spiro atoms. The van der Waals surface area contributed by atoms with Crippen LogP contribution < -0.4 is 4.90 Å². The average molecular weight is 243 g/mol. The summed E-state index contributed by atoms with van der Waals surface area (Å²) in [6.45, 7) is 0.766. The van der Waals surface area contributed by atoms with Gasteiger partial charge in [-0.2, -0.15) is 0 Å². The molecule has 0 aliphatic carbocycles. The molecule has 84 valence electrons. The van der Waals surface area contributed by atoms with E-state index in [0.29, 0.717) is 5.29 Å². The Kier molecular flexibility index (Phi) is 2.57. The lowest BCUT2D eigenvalue weighted by Gasteiger charge is -2.27. The van der Waals surface area contributed by atoms with Gasteiger partial charge in [-0.05, 0) is 35.4 Å². The summed E-state index contributed by atoms with van der Waals surface area (Å²) in [7, 11) is 0. The molecule has 3 rings (SSSR count). The van der Waals surface area contributed by atoms with E-state index in [1.165, 1.54) is 5.56 Å². The van der Waals surface area contributed by atoms with Crippen LogP contribution in [0.1, 0.15) is 5.56 Å². The van der Waals surface area contributed by atoms with Gasteiger partial charge in [-0.1, -0.05) is 36.4 Å². The Balaban J connectivity index is 2.02. The molecule has 3 heteroatoms. The van der Waals surface area contributed by atoms with Gasteiger partial charge in [-0.15, -0.1) is 0 Å². The van der Waals surface area contributed by atoms with Crippen LogP contribution in [0.25, 0.3) is 0 Å². The standard InChI is InChI=1S/C14H11ClN2/c15-14-16-13-9-5-4-6-11(13)10-17(14)12-7-2-1-3-8-12/h1-9H,10H2. The van der Waals surface area contributed by atoms with E-state index in [4.69, 9.17) is 11.6 Å². The zero-order valence-electron chi connectivity index (χ0n) is 9.18. The molecule has 0 saturated carbocycles. The van der Waals surface area contributed by atoms with Crippen molar-refractivity contribution in [3.05, 3.63) is 60.2 Å². The van der Waals surface area contributed by atoms with Gasteiger partial charge in [0.1, 0.15) is 0 Å². The summed E-state index contributed by atoms with van der Waals surface area (Å²) in [5.74, 6) is 0. The highest BCUT2D eigenvalue weighted by Crippen LogP contribution is 2.30. The minimum Gasteiger partial charge on any atom is -0.312 e. The molecule has 0 unspecified atom stereocenters. The molecular formula is C14H11ClN2. The van der Waals surface area contributed by atoms with Crippen LogP contribution >= 0.6 is 11.6 Å². The lowest BCUT2D eigenvalue weighted by molar-refractivity contribution is 0.990. The van der Waals surface area contributed by atoms with Crippen LogP contribution in [0, 0.1) is 0 Å². The van der Waals surface area contributed by atoms with Gasteiger partial charge < -0.3 is 4.90 Å². The predicted molar refractivity (Wildman–Crippen MR) is 72.0 cm³/mol. The molecule has 1 heterocycles. The fourth-order valence-corrected chi connectivity index (χ4v) is 2.20. The van der Waals surface area contributed by atoms with Crippen LogP contribution in [0.3, 0.4) is 0 Å². The average Bonchev–Trinajstić information content (AvgIpc) is 2.39. The van der Waals surface area contributed by atoms with Crippen molar-refractivity contribution < 1.29 is 0 Å². The van der Waals surface area contributed by atoms with Gasteiger partial charge in [0.15, 0.2) is 0 Å². The summed E-state index contributed by atoms with van der Waals surface area (Å²) in [5.41, 5.74) is 3.22. The summed E-state index contributed by atoms with van der Waals surface area (Å²) in [4.78, 5) is 6.42. The Labute approximate surface area is 105 Å². The molecule has 0 fully saturated rings. The predicted octanol–water partition coefficient (Wildman–Crippen LogP) is 3.93. The zero-order chi connectivity index (χ0) is 11.7. The van der Waals surface area contributed by atoms with E-state index in [1.807, 2.05) is 53.4 Å². The van der Waals surface area contributed by atoms with Crippen molar-refractivity contribution >= 4 is 28.3 Å². The molecule has 2 aromatic carbocycles. The SMILES string of the molecule is ClC1=Nc2ccccc2CN1c1ccccc1. The van der Waals surface area contributed by atoms with Crippen molar-refractivity contribution in [3.63, 3.8) is 0 Å². The first-order valence-electron chi connectivity index (χ1n) is 5.49. The summed E-state index contributed by atoms with van der Waals surface area (Å²) in [5, 5.41) is 0.523. The number of rotatable bonds is 1. The second kappa shape index (κ2) is 4.22. The lowest BCUT2D eigenvalue weighted by atomic mass is 10.1. The number of fused-ring (bicyclic) bond motifs is 1. The number of anilines is 1. The van der Waals surface area contributed by atoms with E-state index < -0.39 is 0 Å². The van der Waals surface area contributed by atoms with Crippen LogP contribution in [0.4, 0.5) is 11.4 Å². The van der Waals surface area contributed by atoms with Crippen molar-refractivity contribution in [1.82, 2.24) is 0 Å². The fraction of sp³-hybridized carbons (Fsp3) is 0.0714. The van der Waals surface area contributed by atoms with Gasteiger partial charge >= 0.3 is 0 Å². The Morgan fingerprint density at radius 1 is 0.941 bits per heavy atom. The van der Waals surface area contributed by atoms with E-state index in [0.717, 1.165) is 17.9 Å². The molecular weight excluding hydrogens is 232 g/mol. The van der Waals surface area contributed by atoms with Gasteiger partial charge in [0, 0.05) is 5.69 Å². The molecule has 0 amide bonds. The molecule has 1 aliphatic heterocycles. The van der Waals surface area contributed by atoms with Crippen molar-refractivity contribution in [2.24, 2.45) is 4.99 Å². The molecule has 0 saturated heterocycles. The van der Waals surface area contributed by atoms with E-state index in [2.05, 4.69) is 11.1 Å². The van der Waals surface area contributed by atoms with E-state index >= 15 is 0 Å². The summed E-state index contributed by atoms with van der Waals surface area (Å²) in [6, 6.07) is 18.1. The number of para-hydroxylation sites is 2. The topological polar surface area (TPSA) is 15.6 Å². The highest BCUT2D eigenvalue weighted by molar-refractivity contribution is 6.68. The van der Waals surface area contributed by atoms with Crippen molar-refractivity contribution in [2.45, 2.75) is 6.54 Å². The number of nitrogens with zero attached hydrogens (tertiary/aromatic N) is 2. The van der Waals surface area contributed by atoms with E-state index in [9.17, 15) is 0 Å². The molecule has 2 aromatic rings. The van der Waals surface area contributed by atoms with Gasteiger partial charge in [0.05, 0.1) is 12.2 Å². The number of amidine groups is 1. The number of benzene rings is 2. The number of hydrogen-bond donors (Lipinski definition) is 0. The Bertz CT molecular complexity index is 563. The monoisotopic (exact) mass is 242 g/mol. The van der Waals surface area contributed by atoms with Crippen LogP contribution in [0.2, 0.25) is 0 Å². The van der Waals surface area contributed by atoms with Crippen LogP contribution in [0.5, 0.6) is 0 Å². The van der Waals surface area contributed by atoms with Crippen LogP contribution in [-0.4, -0.2) is 5.29 Å². The molecule has 0 N–H and O–H groups in total. The number of halogens is 1. The third-order valence-electron chi connectivity index (χ3n) is 2.82. The third-order valence-corrected chi connectivity index (χ3v) is 3.11. The number of hydrogen-bond acceptors (Lipinski definition) is 2. The summed E-state index contributed by atoms with van der Waals surface area (Å²) >= 11 is 6.22. The summed E-state index contributed by atoms with van der Waals surface area (Å²) in [6.07, 6.45) is 0. The normalized spacial score (nSPS) is 14.2. The van der Waals surface area contributed by atoms with Crippen LogP contribution in [-0.2, 0) is 6.54 Å². The van der Waals surface area contributed by atoms with Gasteiger partial charge in [0.25, 0.3) is 0 Å². The lowest BCUT2D eigenvalue weighted by Crippen LogP contribution is -2.28. The summed E-state index contributed by atoms with van der Waals surface area (Å²) < 4.78 is 0. The van der Waals surface area contributed by atoms with Gasteiger partial charge in [-0.25, -0.2) is 4.99 Å². The first-order chi connectivity index (χ1) is 8.34. The molecule has 0 atom stereocenters. The van der Waals surface area contributed by atoms with Crippen molar-refractivity contribution in [3.8, 4) is 0 Å².